The Morgan fingerprint density at radius 2 is 1.91 bits per heavy atom. The molecule has 1 saturated heterocycles. The Kier molecular flexibility index (Phi) is 6.14. The molecule has 1 amide bonds. The number of anilines is 3. The van der Waals surface area contributed by atoms with Gasteiger partial charge in [0.15, 0.2) is 5.69 Å². The molecule has 1 aliphatic rings. The molecule has 33 heavy (non-hydrogen) atoms. The minimum absolute atomic E-state index is 0.0423. The molecule has 0 bridgehead atoms. The van der Waals surface area contributed by atoms with Crippen LogP contribution in [0.4, 0.5) is 30.2 Å². The molecule has 0 spiro atoms. The third-order valence-electron chi connectivity index (χ3n) is 5.34. The number of amides is 1. The maximum absolute atomic E-state index is 13.0. The van der Waals surface area contributed by atoms with Crippen molar-refractivity contribution in [3.05, 3.63) is 60.2 Å². The number of alkyl halides is 3. The number of pyridine rings is 3. The number of piperidine rings is 1. The lowest BCUT2D eigenvalue weighted by Gasteiger charge is -2.33. The fraction of sp³-hybridized carbons (Fsp3) is 0.273. The highest BCUT2D eigenvalue weighted by atomic mass is 19.4. The zero-order chi connectivity index (χ0) is 23.6. The summed E-state index contributed by atoms with van der Waals surface area (Å²) in [5, 5.41) is 2.79. The molecular weight excluding hydrogens is 435 g/mol. The van der Waals surface area contributed by atoms with Gasteiger partial charge in [0, 0.05) is 31.5 Å². The third kappa shape index (κ3) is 5.03. The lowest BCUT2D eigenvalue weighted by Crippen LogP contribution is -2.43. The Hall–Kier alpha value is -3.73. The topological polar surface area (TPSA) is 123 Å². The molecule has 0 radical (unpaired) electrons. The van der Waals surface area contributed by atoms with Gasteiger partial charge in [-0.15, -0.1) is 0 Å². The van der Waals surface area contributed by atoms with E-state index in [-0.39, 0.29) is 28.8 Å². The number of nitrogens with one attached hydrogen (secondary N) is 1. The molecule has 0 unspecified atom stereocenters. The normalized spacial score (nSPS) is 16.5. The molecule has 0 saturated carbocycles. The number of halogens is 3. The number of carbonyl (C=O) groups is 1. The molecule has 172 valence electrons. The number of hydrogen-bond acceptors (Lipinski definition) is 7. The molecule has 1 atom stereocenters. The van der Waals surface area contributed by atoms with E-state index in [1.165, 1.54) is 24.4 Å². The SMILES string of the molecule is Nc1ccc(-c2ccc(C(F)(F)F)cn2)nc1C(=O)Nc1cnccc1N1CCC[C@H](N)C1. The number of nitrogen functional groups attached to an aromatic ring is 1. The van der Waals surface area contributed by atoms with Crippen molar-refractivity contribution >= 4 is 23.0 Å². The van der Waals surface area contributed by atoms with Crippen LogP contribution in [0.3, 0.4) is 0 Å². The number of aromatic nitrogens is 3. The Labute approximate surface area is 187 Å². The quantitative estimate of drug-likeness (QED) is 0.549. The Morgan fingerprint density at radius 1 is 1.12 bits per heavy atom. The first-order valence-corrected chi connectivity index (χ1v) is 10.3. The molecular formula is C22H22F3N7O. The molecule has 3 aromatic rings. The Balaban J connectivity index is 1.59. The average Bonchev–Trinajstić information content (AvgIpc) is 2.79. The predicted octanol–water partition coefficient (Wildman–Crippen LogP) is 3.32. The summed E-state index contributed by atoms with van der Waals surface area (Å²) in [7, 11) is 0. The maximum Gasteiger partial charge on any atom is 0.417 e. The van der Waals surface area contributed by atoms with Crippen LogP contribution in [0.2, 0.25) is 0 Å². The summed E-state index contributed by atoms with van der Waals surface area (Å²) in [6.07, 6.45) is 1.27. The highest BCUT2D eigenvalue weighted by Crippen LogP contribution is 2.30. The zero-order valence-electron chi connectivity index (χ0n) is 17.5. The van der Waals surface area contributed by atoms with E-state index in [2.05, 4.69) is 25.2 Å². The zero-order valence-corrected chi connectivity index (χ0v) is 17.5. The van der Waals surface area contributed by atoms with Crippen molar-refractivity contribution in [1.29, 1.82) is 0 Å². The first-order valence-electron chi connectivity index (χ1n) is 10.3. The van der Waals surface area contributed by atoms with E-state index in [9.17, 15) is 18.0 Å². The monoisotopic (exact) mass is 457 g/mol. The predicted molar refractivity (Wildman–Crippen MR) is 118 cm³/mol. The van der Waals surface area contributed by atoms with Crippen molar-refractivity contribution in [3.8, 4) is 11.4 Å². The van der Waals surface area contributed by atoms with Crippen LogP contribution in [-0.4, -0.2) is 40.0 Å². The molecule has 5 N–H and O–H groups in total. The summed E-state index contributed by atoms with van der Waals surface area (Å²) in [5.41, 5.74) is 12.9. The van der Waals surface area contributed by atoms with Crippen LogP contribution in [0, 0.1) is 0 Å². The van der Waals surface area contributed by atoms with E-state index in [0.29, 0.717) is 12.2 Å². The minimum atomic E-state index is -4.50. The van der Waals surface area contributed by atoms with Crippen molar-refractivity contribution in [2.24, 2.45) is 5.73 Å². The van der Waals surface area contributed by atoms with Crippen LogP contribution in [0.1, 0.15) is 28.9 Å². The van der Waals surface area contributed by atoms with Crippen LogP contribution in [-0.2, 0) is 6.18 Å². The van der Waals surface area contributed by atoms with Gasteiger partial charge in [-0.1, -0.05) is 0 Å². The third-order valence-corrected chi connectivity index (χ3v) is 5.34. The number of carbonyl (C=O) groups excluding carboxylic acids is 1. The molecule has 1 fully saturated rings. The molecule has 0 aliphatic carbocycles. The van der Waals surface area contributed by atoms with Crippen LogP contribution in [0.5, 0.6) is 0 Å². The highest BCUT2D eigenvalue weighted by Gasteiger charge is 2.30. The highest BCUT2D eigenvalue weighted by molar-refractivity contribution is 6.07. The van der Waals surface area contributed by atoms with Gasteiger partial charge in [-0.05, 0) is 43.2 Å². The first-order chi connectivity index (χ1) is 15.7. The second-order valence-electron chi connectivity index (χ2n) is 7.76. The average molecular weight is 457 g/mol. The summed E-state index contributed by atoms with van der Waals surface area (Å²) in [6, 6.07) is 6.90. The van der Waals surface area contributed by atoms with Gasteiger partial charge in [0.25, 0.3) is 5.91 Å². The summed E-state index contributed by atoms with van der Waals surface area (Å²) >= 11 is 0. The Bertz CT molecular complexity index is 1150. The minimum Gasteiger partial charge on any atom is -0.397 e. The van der Waals surface area contributed by atoms with E-state index in [1.54, 1.807) is 12.3 Å². The van der Waals surface area contributed by atoms with Crippen LogP contribution in [0.15, 0.2) is 48.9 Å². The summed E-state index contributed by atoms with van der Waals surface area (Å²) in [4.78, 5) is 27.3. The molecule has 3 aromatic heterocycles. The summed E-state index contributed by atoms with van der Waals surface area (Å²) < 4.78 is 38.4. The maximum atomic E-state index is 13.0. The van der Waals surface area contributed by atoms with Crippen molar-refractivity contribution in [2.45, 2.75) is 25.1 Å². The number of nitrogens with two attached hydrogens (primary N) is 2. The van der Waals surface area contributed by atoms with Crippen molar-refractivity contribution in [1.82, 2.24) is 15.0 Å². The van der Waals surface area contributed by atoms with Gasteiger partial charge in [-0.2, -0.15) is 13.2 Å². The van der Waals surface area contributed by atoms with E-state index in [0.717, 1.165) is 37.3 Å². The molecule has 8 nitrogen and oxygen atoms in total. The second kappa shape index (κ2) is 9.02. The molecule has 11 heteroatoms. The van der Waals surface area contributed by atoms with E-state index < -0.39 is 17.6 Å². The molecule has 4 rings (SSSR count). The summed E-state index contributed by atoms with van der Waals surface area (Å²) in [6.45, 7) is 1.46. The lowest BCUT2D eigenvalue weighted by atomic mass is 10.1. The van der Waals surface area contributed by atoms with Gasteiger partial charge in [0.1, 0.15) is 0 Å². The van der Waals surface area contributed by atoms with Crippen LogP contribution >= 0.6 is 0 Å². The van der Waals surface area contributed by atoms with E-state index in [1.807, 2.05) is 0 Å². The molecule has 4 heterocycles. The number of hydrogen-bond donors (Lipinski definition) is 3. The number of nitrogens with zero attached hydrogens (tertiary/aromatic N) is 4. The fourth-order valence-electron chi connectivity index (χ4n) is 3.68. The van der Waals surface area contributed by atoms with Crippen molar-refractivity contribution in [3.63, 3.8) is 0 Å². The van der Waals surface area contributed by atoms with Crippen molar-refractivity contribution in [2.75, 3.05) is 29.0 Å². The second-order valence-corrected chi connectivity index (χ2v) is 7.76. The molecule has 1 aliphatic heterocycles. The van der Waals surface area contributed by atoms with Gasteiger partial charge in [0.05, 0.1) is 40.2 Å². The van der Waals surface area contributed by atoms with Gasteiger partial charge in [-0.3, -0.25) is 14.8 Å². The number of rotatable bonds is 4. The Morgan fingerprint density at radius 3 is 2.61 bits per heavy atom. The standard InChI is InChI=1S/C22H22F3N7O/c23-22(24,25)13-3-5-16(29-10-13)17-6-4-15(27)20(30-17)21(33)31-18-11-28-8-7-19(18)32-9-1-2-14(26)12-32/h3-8,10-11,14H,1-2,9,12,26-27H2,(H,31,33)/t14-/m0/s1. The van der Waals surface area contributed by atoms with Gasteiger partial charge in [0.2, 0.25) is 0 Å². The molecule has 0 aromatic carbocycles. The van der Waals surface area contributed by atoms with E-state index >= 15 is 0 Å². The smallest absolute Gasteiger partial charge is 0.397 e. The van der Waals surface area contributed by atoms with Crippen LogP contribution in [0.25, 0.3) is 11.4 Å². The lowest BCUT2D eigenvalue weighted by molar-refractivity contribution is -0.137. The van der Waals surface area contributed by atoms with Crippen LogP contribution < -0.4 is 21.7 Å². The van der Waals surface area contributed by atoms with Crippen molar-refractivity contribution < 1.29 is 18.0 Å². The van der Waals surface area contributed by atoms with Gasteiger partial charge in [-0.25, -0.2) is 4.98 Å². The summed E-state index contributed by atoms with van der Waals surface area (Å²) in [5.74, 6) is -0.572. The fourth-order valence-corrected chi connectivity index (χ4v) is 3.68. The van der Waals surface area contributed by atoms with Gasteiger partial charge < -0.3 is 21.7 Å². The first kappa shape index (κ1) is 22.5. The van der Waals surface area contributed by atoms with E-state index in [4.69, 9.17) is 11.5 Å². The largest absolute Gasteiger partial charge is 0.417 e. The van der Waals surface area contributed by atoms with Gasteiger partial charge >= 0.3 is 6.18 Å².